The number of hydroxylamine groups is 2. The van der Waals surface area contributed by atoms with Gasteiger partial charge in [0.25, 0.3) is 5.91 Å². The zero-order valence-corrected chi connectivity index (χ0v) is 10.4. The minimum atomic E-state index is -0.643. The molecule has 1 aliphatic rings. The van der Waals surface area contributed by atoms with E-state index in [0.717, 1.165) is 16.0 Å². The summed E-state index contributed by atoms with van der Waals surface area (Å²) in [6.07, 6.45) is 0. The maximum atomic E-state index is 12.2. The molecule has 1 aromatic carbocycles. The lowest BCUT2D eigenvalue weighted by atomic mass is 10.1. The van der Waals surface area contributed by atoms with Gasteiger partial charge in [-0.1, -0.05) is 35.5 Å². The molecule has 7 nitrogen and oxygen atoms in total. The smallest absolute Gasteiger partial charge is 0.283 e. The van der Waals surface area contributed by atoms with Crippen molar-refractivity contribution >= 4 is 5.91 Å². The molecule has 0 N–H and O–H groups in total. The molecule has 1 aliphatic heterocycles. The molecule has 0 aliphatic carbocycles. The SMILES string of the molecule is CON1C(=O)C(c2ccccc2)N(OC)N1OC. The van der Waals surface area contributed by atoms with Gasteiger partial charge in [-0.25, -0.2) is 0 Å². The van der Waals surface area contributed by atoms with Crippen molar-refractivity contribution in [2.24, 2.45) is 0 Å². The predicted molar refractivity (Wildman–Crippen MR) is 60.7 cm³/mol. The van der Waals surface area contributed by atoms with Crippen LogP contribution in [0.4, 0.5) is 0 Å². The average molecular weight is 253 g/mol. The lowest BCUT2D eigenvalue weighted by Gasteiger charge is -2.27. The van der Waals surface area contributed by atoms with E-state index in [-0.39, 0.29) is 5.91 Å². The van der Waals surface area contributed by atoms with E-state index < -0.39 is 6.04 Å². The summed E-state index contributed by atoms with van der Waals surface area (Å²) in [6.45, 7) is 0. The minimum Gasteiger partial charge on any atom is -0.283 e. The Kier molecular flexibility index (Phi) is 3.90. The molecule has 0 aromatic heterocycles. The van der Waals surface area contributed by atoms with Crippen LogP contribution in [0.1, 0.15) is 11.6 Å². The molecule has 7 heteroatoms. The zero-order valence-electron chi connectivity index (χ0n) is 10.4. The Morgan fingerprint density at radius 2 is 1.67 bits per heavy atom. The van der Waals surface area contributed by atoms with Crippen LogP contribution in [-0.2, 0) is 19.3 Å². The van der Waals surface area contributed by atoms with Crippen LogP contribution >= 0.6 is 0 Å². The fourth-order valence-electron chi connectivity index (χ4n) is 1.86. The lowest BCUT2D eigenvalue weighted by molar-refractivity contribution is -0.487. The second kappa shape index (κ2) is 5.42. The number of hydrazine groups is 2. The molecule has 1 aromatic rings. The Hall–Kier alpha value is -1.51. The van der Waals surface area contributed by atoms with Crippen molar-refractivity contribution < 1.29 is 19.3 Å². The van der Waals surface area contributed by atoms with Crippen LogP contribution in [0.3, 0.4) is 0 Å². The highest BCUT2D eigenvalue weighted by Crippen LogP contribution is 2.32. The second-order valence-electron chi connectivity index (χ2n) is 3.53. The summed E-state index contributed by atoms with van der Waals surface area (Å²) in [6, 6.07) is 8.61. The lowest BCUT2D eigenvalue weighted by Crippen LogP contribution is -2.43. The summed E-state index contributed by atoms with van der Waals surface area (Å²) in [7, 11) is 4.25. The topological polar surface area (TPSA) is 54.5 Å². The highest BCUT2D eigenvalue weighted by atomic mass is 16.9. The molecule has 0 spiro atoms. The van der Waals surface area contributed by atoms with E-state index >= 15 is 0 Å². The Morgan fingerprint density at radius 1 is 1.00 bits per heavy atom. The summed E-state index contributed by atoms with van der Waals surface area (Å²) in [5, 5.41) is 3.39. The first-order chi connectivity index (χ1) is 8.74. The van der Waals surface area contributed by atoms with Crippen LogP contribution in [0.2, 0.25) is 0 Å². The first-order valence-corrected chi connectivity index (χ1v) is 5.35. The van der Waals surface area contributed by atoms with Gasteiger partial charge in [-0.15, -0.1) is 5.17 Å². The molecular formula is C11H15N3O4. The minimum absolute atomic E-state index is 0.299. The van der Waals surface area contributed by atoms with Crippen LogP contribution < -0.4 is 0 Å². The van der Waals surface area contributed by atoms with Gasteiger partial charge in [0.05, 0.1) is 21.3 Å². The molecule has 1 saturated heterocycles. The third-order valence-electron chi connectivity index (χ3n) is 2.61. The van der Waals surface area contributed by atoms with Crippen LogP contribution in [0.5, 0.6) is 0 Å². The molecule has 0 bridgehead atoms. The summed E-state index contributed by atoms with van der Waals surface area (Å²) in [5.41, 5.74) is 0.783. The monoisotopic (exact) mass is 253 g/mol. The van der Waals surface area contributed by atoms with E-state index in [2.05, 4.69) is 0 Å². The number of amides is 1. The van der Waals surface area contributed by atoms with Gasteiger partial charge in [0.15, 0.2) is 6.04 Å². The van der Waals surface area contributed by atoms with Gasteiger partial charge in [-0.3, -0.25) is 19.3 Å². The third-order valence-corrected chi connectivity index (χ3v) is 2.61. The van der Waals surface area contributed by atoms with Crippen molar-refractivity contribution in [2.75, 3.05) is 21.3 Å². The van der Waals surface area contributed by atoms with E-state index in [9.17, 15) is 4.79 Å². The number of hydrogen-bond donors (Lipinski definition) is 0. The van der Waals surface area contributed by atoms with Gasteiger partial charge in [0.2, 0.25) is 0 Å². The van der Waals surface area contributed by atoms with Gasteiger partial charge in [-0.2, -0.15) is 0 Å². The van der Waals surface area contributed by atoms with Gasteiger partial charge < -0.3 is 0 Å². The van der Waals surface area contributed by atoms with E-state index in [0.29, 0.717) is 0 Å². The molecular weight excluding hydrogens is 238 g/mol. The summed E-state index contributed by atoms with van der Waals surface area (Å²) in [4.78, 5) is 27.4. The molecule has 0 saturated carbocycles. The van der Waals surface area contributed by atoms with Crippen molar-refractivity contribution in [1.82, 2.24) is 15.6 Å². The van der Waals surface area contributed by atoms with Crippen molar-refractivity contribution in [3.05, 3.63) is 35.9 Å². The van der Waals surface area contributed by atoms with Gasteiger partial charge in [-0.05, 0) is 5.56 Å². The number of rotatable bonds is 4. The van der Waals surface area contributed by atoms with E-state index in [1.54, 1.807) is 0 Å². The fraction of sp³-hybridized carbons (Fsp3) is 0.364. The summed E-state index contributed by atoms with van der Waals surface area (Å²) in [5.74, 6) is -0.299. The molecule has 1 unspecified atom stereocenters. The molecule has 98 valence electrons. The standard InChI is InChI=1S/C11H15N3O4/c1-16-12-10(9-7-5-4-6-8-9)11(15)13(17-2)14(12)18-3/h4-8,10H,1-3H3. The molecule has 0 radical (unpaired) electrons. The number of carbonyl (C=O) groups excluding carboxylic acids is 1. The van der Waals surface area contributed by atoms with Crippen molar-refractivity contribution in [3.8, 4) is 0 Å². The van der Waals surface area contributed by atoms with Gasteiger partial charge >= 0.3 is 0 Å². The summed E-state index contributed by atoms with van der Waals surface area (Å²) < 4.78 is 0. The number of benzene rings is 1. The first-order valence-electron chi connectivity index (χ1n) is 5.35. The third kappa shape index (κ3) is 1.98. The Morgan fingerprint density at radius 3 is 2.17 bits per heavy atom. The first kappa shape index (κ1) is 12.9. The van der Waals surface area contributed by atoms with Crippen LogP contribution in [0.25, 0.3) is 0 Å². The highest BCUT2D eigenvalue weighted by molar-refractivity contribution is 5.83. The number of carbonyl (C=O) groups is 1. The van der Waals surface area contributed by atoms with E-state index in [4.69, 9.17) is 14.5 Å². The molecule has 1 amide bonds. The Bertz CT molecular complexity index is 414. The van der Waals surface area contributed by atoms with Gasteiger partial charge in [0.1, 0.15) is 0 Å². The maximum absolute atomic E-state index is 12.2. The predicted octanol–water partition coefficient (Wildman–Crippen LogP) is 0.688. The number of hydrogen-bond acceptors (Lipinski definition) is 6. The molecule has 18 heavy (non-hydrogen) atoms. The van der Waals surface area contributed by atoms with Crippen molar-refractivity contribution in [1.29, 1.82) is 0 Å². The maximum Gasteiger partial charge on any atom is 0.291 e. The molecule has 1 heterocycles. The van der Waals surface area contributed by atoms with Crippen molar-refractivity contribution in [3.63, 3.8) is 0 Å². The quantitative estimate of drug-likeness (QED) is 0.787. The summed E-state index contributed by atoms with van der Waals surface area (Å²) >= 11 is 0. The van der Waals surface area contributed by atoms with Crippen LogP contribution in [0.15, 0.2) is 30.3 Å². The molecule has 1 atom stereocenters. The van der Waals surface area contributed by atoms with Crippen molar-refractivity contribution in [2.45, 2.75) is 6.04 Å². The average Bonchev–Trinajstić information content (AvgIpc) is 2.70. The number of nitrogens with zero attached hydrogens (tertiary/aromatic N) is 3. The highest BCUT2D eigenvalue weighted by Gasteiger charge is 2.48. The largest absolute Gasteiger partial charge is 0.291 e. The Balaban J connectivity index is 2.37. The zero-order chi connectivity index (χ0) is 13.1. The van der Waals surface area contributed by atoms with Gasteiger partial charge in [0, 0.05) is 5.28 Å². The fourth-order valence-corrected chi connectivity index (χ4v) is 1.86. The van der Waals surface area contributed by atoms with Crippen LogP contribution in [-0.4, -0.2) is 42.9 Å². The normalized spacial score (nSPS) is 21.8. The molecule has 1 fully saturated rings. The Labute approximate surface area is 105 Å². The van der Waals surface area contributed by atoms with E-state index in [1.807, 2.05) is 30.3 Å². The molecule has 2 rings (SSSR count). The second-order valence-corrected chi connectivity index (χ2v) is 3.53. The van der Waals surface area contributed by atoms with Crippen LogP contribution in [0, 0.1) is 0 Å². The van der Waals surface area contributed by atoms with E-state index in [1.165, 1.54) is 26.5 Å².